The van der Waals surface area contributed by atoms with Gasteiger partial charge < -0.3 is 15.2 Å². The Morgan fingerprint density at radius 3 is 3.00 bits per heavy atom. The summed E-state index contributed by atoms with van der Waals surface area (Å²) >= 11 is 1.34. The van der Waals surface area contributed by atoms with Gasteiger partial charge in [-0.05, 0) is 31.9 Å². The molecule has 5 nitrogen and oxygen atoms in total. The van der Waals surface area contributed by atoms with Crippen molar-refractivity contribution in [1.29, 1.82) is 0 Å². The zero-order valence-corrected chi connectivity index (χ0v) is 12.0. The Kier molecular flexibility index (Phi) is 4.57. The van der Waals surface area contributed by atoms with Crippen molar-refractivity contribution in [3.8, 4) is 0 Å². The quantitative estimate of drug-likeness (QED) is 0.835. The van der Waals surface area contributed by atoms with Gasteiger partial charge in [0, 0.05) is 22.9 Å². The van der Waals surface area contributed by atoms with Gasteiger partial charge in [-0.1, -0.05) is 0 Å². The summed E-state index contributed by atoms with van der Waals surface area (Å²) in [4.78, 5) is 23.4. The number of carbonyl (C=O) groups is 2. The third-order valence-corrected chi connectivity index (χ3v) is 4.02. The molecule has 0 saturated carbocycles. The smallest absolute Gasteiger partial charge is 0.328 e. The minimum Gasteiger partial charge on any atom is -0.478 e. The molecule has 108 valence electrons. The molecule has 0 bridgehead atoms. The standard InChI is InChI=1S/C14H17NO4S/c1-14(5-2-6-19-9-14)15-13(18)10-7-11(20-8-10)3-4-12(16)17/h3-4,7-8H,2,5-6,9H2,1H3,(H,15,18)(H,16,17)/b4-3+. The van der Waals surface area contributed by atoms with E-state index in [1.807, 2.05) is 6.92 Å². The molecule has 1 aromatic rings. The lowest BCUT2D eigenvalue weighted by atomic mass is 9.94. The van der Waals surface area contributed by atoms with Crippen molar-refractivity contribution in [2.45, 2.75) is 25.3 Å². The molecule has 0 aliphatic carbocycles. The molecule has 2 rings (SSSR count). The van der Waals surface area contributed by atoms with Crippen LogP contribution in [0.1, 0.15) is 35.0 Å². The number of hydrogen-bond acceptors (Lipinski definition) is 4. The summed E-state index contributed by atoms with van der Waals surface area (Å²) in [6.45, 7) is 3.24. The van der Waals surface area contributed by atoms with Gasteiger partial charge in [0.2, 0.25) is 0 Å². The number of carboxylic acids is 1. The normalized spacial score (nSPS) is 22.9. The fourth-order valence-corrected chi connectivity index (χ4v) is 2.87. The largest absolute Gasteiger partial charge is 0.478 e. The summed E-state index contributed by atoms with van der Waals surface area (Å²) in [5.41, 5.74) is 0.223. The lowest BCUT2D eigenvalue weighted by molar-refractivity contribution is -0.131. The number of carbonyl (C=O) groups excluding carboxylic acids is 1. The van der Waals surface area contributed by atoms with Gasteiger partial charge in [-0.15, -0.1) is 11.3 Å². The minimum atomic E-state index is -1.00. The van der Waals surface area contributed by atoms with Crippen LogP contribution in [0.2, 0.25) is 0 Å². The lowest BCUT2D eigenvalue weighted by Crippen LogP contribution is -2.51. The second kappa shape index (κ2) is 6.19. The topological polar surface area (TPSA) is 75.6 Å². The number of amides is 1. The highest BCUT2D eigenvalue weighted by Gasteiger charge is 2.29. The van der Waals surface area contributed by atoms with Crippen molar-refractivity contribution in [3.05, 3.63) is 28.0 Å². The highest BCUT2D eigenvalue weighted by molar-refractivity contribution is 7.11. The number of rotatable bonds is 4. The lowest BCUT2D eigenvalue weighted by Gasteiger charge is -2.34. The molecular formula is C14H17NO4S. The van der Waals surface area contributed by atoms with E-state index in [0.717, 1.165) is 30.4 Å². The zero-order valence-electron chi connectivity index (χ0n) is 11.2. The van der Waals surface area contributed by atoms with Gasteiger partial charge in [0.1, 0.15) is 0 Å². The van der Waals surface area contributed by atoms with Crippen LogP contribution in [-0.4, -0.2) is 35.7 Å². The SMILES string of the molecule is CC1(NC(=O)c2csc(/C=C/C(=O)O)c2)CCCOC1. The summed E-state index contributed by atoms with van der Waals surface area (Å²) in [5, 5.41) is 13.3. The summed E-state index contributed by atoms with van der Waals surface area (Å²) in [6.07, 6.45) is 4.38. The molecule has 20 heavy (non-hydrogen) atoms. The van der Waals surface area contributed by atoms with E-state index in [9.17, 15) is 9.59 Å². The van der Waals surface area contributed by atoms with E-state index in [1.54, 1.807) is 11.4 Å². The first kappa shape index (κ1) is 14.7. The molecule has 1 amide bonds. The summed E-state index contributed by atoms with van der Waals surface area (Å²) in [6, 6.07) is 1.69. The van der Waals surface area contributed by atoms with Crippen LogP contribution in [0.4, 0.5) is 0 Å². The van der Waals surface area contributed by atoms with E-state index >= 15 is 0 Å². The molecule has 0 aromatic carbocycles. The third kappa shape index (κ3) is 3.91. The van der Waals surface area contributed by atoms with Gasteiger partial charge in [-0.25, -0.2) is 4.79 Å². The number of carboxylic acid groups (broad SMARTS) is 1. The van der Waals surface area contributed by atoms with Crippen molar-refractivity contribution < 1.29 is 19.4 Å². The third-order valence-electron chi connectivity index (χ3n) is 3.13. The van der Waals surface area contributed by atoms with Crippen LogP contribution < -0.4 is 5.32 Å². The van der Waals surface area contributed by atoms with E-state index in [-0.39, 0.29) is 11.4 Å². The van der Waals surface area contributed by atoms with E-state index in [0.29, 0.717) is 12.2 Å². The molecule has 0 spiro atoms. The summed E-state index contributed by atoms with van der Waals surface area (Å²) in [7, 11) is 0. The Bertz CT molecular complexity index is 529. The molecule has 1 unspecified atom stereocenters. The number of aliphatic carboxylic acids is 1. The van der Waals surface area contributed by atoms with Crippen molar-refractivity contribution in [1.82, 2.24) is 5.32 Å². The molecule has 1 atom stereocenters. The van der Waals surface area contributed by atoms with Crippen molar-refractivity contribution in [2.24, 2.45) is 0 Å². The molecule has 2 N–H and O–H groups in total. The number of ether oxygens (including phenoxy) is 1. The summed E-state index contributed by atoms with van der Waals surface area (Å²) in [5.74, 6) is -1.15. The van der Waals surface area contributed by atoms with Gasteiger partial charge in [0.05, 0.1) is 17.7 Å². The van der Waals surface area contributed by atoms with E-state index in [1.165, 1.54) is 17.4 Å². The fourth-order valence-electron chi connectivity index (χ4n) is 2.09. The molecule has 2 heterocycles. The van der Waals surface area contributed by atoms with Crippen LogP contribution in [0.3, 0.4) is 0 Å². The Balaban J connectivity index is 2.00. The van der Waals surface area contributed by atoms with Crippen LogP contribution >= 0.6 is 11.3 Å². The highest BCUT2D eigenvalue weighted by Crippen LogP contribution is 2.21. The van der Waals surface area contributed by atoms with E-state index in [2.05, 4.69) is 5.32 Å². The van der Waals surface area contributed by atoms with Gasteiger partial charge in [-0.2, -0.15) is 0 Å². The average molecular weight is 295 g/mol. The second-order valence-corrected chi connectivity index (χ2v) is 6.02. The van der Waals surface area contributed by atoms with Crippen LogP contribution in [0.25, 0.3) is 6.08 Å². The van der Waals surface area contributed by atoms with Crippen LogP contribution in [-0.2, 0) is 9.53 Å². The van der Waals surface area contributed by atoms with Crippen molar-refractivity contribution >= 4 is 29.3 Å². The highest BCUT2D eigenvalue weighted by atomic mass is 32.1. The van der Waals surface area contributed by atoms with Crippen LogP contribution in [0.15, 0.2) is 17.5 Å². The maximum Gasteiger partial charge on any atom is 0.328 e. The van der Waals surface area contributed by atoms with Crippen molar-refractivity contribution in [3.63, 3.8) is 0 Å². The minimum absolute atomic E-state index is 0.149. The molecule has 1 saturated heterocycles. The molecule has 1 aliphatic heterocycles. The maximum absolute atomic E-state index is 12.2. The molecular weight excluding hydrogens is 278 g/mol. The van der Waals surface area contributed by atoms with E-state index < -0.39 is 5.97 Å². The van der Waals surface area contributed by atoms with Crippen LogP contribution in [0, 0.1) is 0 Å². The van der Waals surface area contributed by atoms with Crippen molar-refractivity contribution in [2.75, 3.05) is 13.2 Å². The van der Waals surface area contributed by atoms with Gasteiger partial charge in [0.15, 0.2) is 0 Å². The first-order valence-corrected chi connectivity index (χ1v) is 7.26. The fraction of sp³-hybridized carbons (Fsp3) is 0.429. The number of thiophene rings is 1. The maximum atomic E-state index is 12.2. The predicted octanol–water partition coefficient (Wildman–Crippen LogP) is 2.14. The molecule has 1 aromatic heterocycles. The molecule has 1 fully saturated rings. The molecule has 0 radical (unpaired) electrons. The average Bonchev–Trinajstić information content (AvgIpc) is 2.85. The first-order chi connectivity index (χ1) is 9.48. The Morgan fingerprint density at radius 2 is 2.35 bits per heavy atom. The summed E-state index contributed by atoms with van der Waals surface area (Å²) < 4.78 is 5.40. The Labute approximate surface area is 121 Å². The first-order valence-electron chi connectivity index (χ1n) is 6.38. The second-order valence-electron chi connectivity index (χ2n) is 5.08. The molecule has 6 heteroatoms. The van der Waals surface area contributed by atoms with Gasteiger partial charge in [0.25, 0.3) is 5.91 Å². The van der Waals surface area contributed by atoms with E-state index in [4.69, 9.17) is 9.84 Å². The number of hydrogen-bond donors (Lipinski definition) is 2. The molecule has 1 aliphatic rings. The Hall–Kier alpha value is -1.66. The zero-order chi connectivity index (χ0) is 14.6. The monoisotopic (exact) mass is 295 g/mol. The Morgan fingerprint density at radius 1 is 1.55 bits per heavy atom. The van der Waals surface area contributed by atoms with Crippen LogP contribution in [0.5, 0.6) is 0 Å². The number of nitrogens with one attached hydrogen (secondary N) is 1. The van der Waals surface area contributed by atoms with Gasteiger partial charge >= 0.3 is 5.97 Å². The predicted molar refractivity (Wildman–Crippen MR) is 76.9 cm³/mol. The van der Waals surface area contributed by atoms with Gasteiger partial charge in [-0.3, -0.25) is 4.79 Å².